The second kappa shape index (κ2) is 4.49. The lowest BCUT2D eigenvalue weighted by Gasteiger charge is -1.67. The largest absolute Gasteiger partial charge is 0.251 e. The third-order valence-corrected chi connectivity index (χ3v) is 0. The van der Waals surface area contributed by atoms with Crippen LogP contribution >= 0.6 is 0 Å². The molecule has 2 heteroatoms. The first-order valence-electron chi connectivity index (χ1n) is 1.73. The van der Waals surface area contributed by atoms with Crippen LogP contribution in [-0.2, 0) is 5.48 Å². The van der Waals surface area contributed by atoms with Crippen molar-refractivity contribution in [3.63, 3.8) is 0 Å². The Labute approximate surface area is 37.7 Å². The molecular formula is C3H9AlO. The van der Waals surface area contributed by atoms with Crippen LogP contribution in [0, 0.1) is 0 Å². The van der Waals surface area contributed by atoms with Crippen LogP contribution in [0.2, 0.25) is 17.4 Å². The molecular weight excluding hydrogens is 79.0 g/mol. The molecule has 0 aliphatic rings. The maximum absolute atomic E-state index is 2.31. The molecule has 0 saturated heterocycles. The highest BCUT2D eigenvalue weighted by atomic mass is 27.2. The van der Waals surface area contributed by atoms with E-state index in [0.29, 0.717) is 0 Å². The summed E-state index contributed by atoms with van der Waals surface area (Å²) in [6.45, 7) is 0. The molecule has 0 heterocycles. The quantitative estimate of drug-likeness (QED) is 0.399. The van der Waals surface area contributed by atoms with Crippen LogP contribution in [0.25, 0.3) is 0 Å². The topological polar surface area (TPSA) is 28.5 Å². The Balaban J connectivity index is 0. The molecule has 2 radical (unpaired) electrons. The van der Waals surface area contributed by atoms with Crippen LogP contribution in [0.4, 0.5) is 0 Å². The Morgan fingerprint density at radius 3 is 1.00 bits per heavy atom. The van der Waals surface area contributed by atoms with Gasteiger partial charge in [0.15, 0.2) is 0 Å². The molecule has 0 amide bonds. The van der Waals surface area contributed by atoms with Gasteiger partial charge in [0.05, 0.1) is 0 Å². The van der Waals surface area contributed by atoms with E-state index in [1.165, 1.54) is 0 Å². The molecule has 0 rings (SSSR count). The highest BCUT2D eigenvalue weighted by Crippen LogP contribution is 1.68. The maximum atomic E-state index is 2.31. The summed E-state index contributed by atoms with van der Waals surface area (Å²) in [5.74, 6) is 6.92. The van der Waals surface area contributed by atoms with Gasteiger partial charge >= 0.3 is 0 Å². The van der Waals surface area contributed by atoms with E-state index in [1.54, 1.807) is 0 Å². The van der Waals surface area contributed by atoms with Crippen molar-refractivity contribution >= 4 is 14.1 Å². The molecule has 0 N–H and O–H groups in total. The molecule has 0 aromatic rings. The van der Waals surface area contributed by atoms with Crippen LogP contribution in [0.3, 0.4) is 0 Å². The van der Waals surface area contributed by atoms with Crippen molar-refractivity contribution in [2.24, 2.45) is 0 Å². The van der Waals surface area contributed by atoms with E-state index in [9.17, 15) is 0 Å². The van der Waals surface area contributed by atoms with Gasteiger partial charge < -0.3 is 0 Å². The zero-order valence-electron chi connectivity index (χ0n) is 3.99. The van der Waals surface area contributed by atoms with Crippen molar-refractivity contribution in [2.75, 3.05) is 0 Å². The summed E-state index contributed by atoms with van der Waals surface area (Å²) >= 11 is -0.139. The maximum Gasteiger partial charge on any atom is 0.251 e. The van der Waals surface area contributed by atoms with E-state index in [1.807, 2.05) is 0 Å². The molecule has 0 fully saturated rings. The predicted molar refractivity (Wildman–Crippen MR) is 24.0 cm³/mol. The van der Waals surface area contributed by atoms with Crippen molar-refractivity contribution in [3.8, 4) is 0 Å². The van der Waals surface area contributed by atoms with Gasteiger partial charge in [0, 0.05) is 5.48 Å². The molecule has 0 aliphatic heterocycles. The van der Waals surface area contributed by atoms with Crippen molar-refractivity contribution in [3.05, 3.63) is 0 Å². The Hall–Kier alpha value is 0.492. The second-order valence-corrected chi connectivity index (χ2v) is 5.20. The zero-order chi connectivity index (χ0) is 3.58. The lowest BCUT2D eigenvalue weighted by Crippen LogP contribution is -1.84. The van der Waals surface area contributed by atoms with Crippen LogP contribution in [0.15, 0.2) is 0 Å². The summed E-state index contributed by atoms with van der Waals surface area (Å²) < 4.78 is 0. The predicted octanol–water partition coefficient (Wildman–Crippen LogP) is 1.25. The van der Waals surface area contributed by atoms with Gasteiger partial charge in [-0.15, -0.1) is 17.4 Å². The Kier molecular flexibility index (Phi) is 8.17. The Morgan fingerprint density at radius 1 is 1.00 bits per heavy atom. The fraction of sp³-hybridized carbons (Fsp3) is 1.00. The molecule has 1 nitrogen and oxygen atoms in total. The van der Waals surface area contributed by atoms with Gasteiger partial charge in [-0.3, -0.25) is 0 Å². The monoisotopic (exact) mass is 88.0 g/mol. The lowest BCUT2D eigenvalue weighted by molar-refractivity contribution is 0.686. The van der Waals surface area contributed by atoms with Gasteiger partial charge in [0.2, 0.25) is 0 Å². The van der Waals surface area contributed by atoms with E-state index >= 15 is 0 Å². The van der Waals surface area contributed by atoms with Crippen LogP contribution in [0.1, 0.15) is 0 Å². The Bertz CT molecular complexity index is 11.6. The van der Waals surface area contributed by atoms with Gasteiger partial charge in [-0.1, -0.05) is 0 Å². The first-order valence-corrected chi connectivity index (χ1v) is 5.20. The van der Waals surface area contributed by atoms with Gasteiger partial charge in [-0.25, -0.2) is 0 Å². The lowest BCUT2D eigenvalue weighted by atomic mass is 11.8. The second-order valence-electron chi connectivity index (χ2n) is 1.73. The van der Waals surface area contributed by atoms with E-state index in [0.717, 1.165) is 0 Å². The number of rotatable bonds is 0. The highest BCUT2D eigenvalue weighted by molar-refractivity contribution is 6.54. The molecule has 0 unspecified atom stereocenters. The van der Waals surface area contributed by atoms with E-state index in [4.69, 9.17) is 0 Å². The summed E-state index contributed by atoms with van der Waals surface area (Å²) in [6.07, 6.45) is 0. The van der Waals surface area contributed by atoms with Crippen molar-refractivity contribution in [1.29, 1.82) is 0 Å². The number of hydrogen-bond donors (Lipinski definition) is 0. The van der Waals surface area contributed by atoms with E-state index in [2.05, 4.69) is 17.4 Å². The first kappa shape index (κ1) is 9.09. The van der Waals surface area contributed by atoms with E-state index < -0.39 is 0 Å². The van der Waals surface area contributed by atoms with Gasteiger partial charge in [-0.2, -0.15) is 0 Å². The highest BCUT2D eigenvalue weighted by Gasteiger charge is 1.81. The molecule has 0 aliphatic carbocycles. The standard InChI is InChI=1S/3CH3.Al.O/h3*1H3;;. The molecule has 5 heavy (non-hydrogen) atoms. The average Bonchev–Trinajstić information content (AvgIpc) is 0.811. The van der Waals surface area contributed by atoms with Crippen LogP contribution in [0.5, 0.6) is 0 Å². The minimum atomic E-state index is -0.139. The summed E-state index contributed by atoms with van der Waals surface area (Å²) in [5.41, 5.74) is 0. The van der Waals surface area contributed by atoms with Gasteiger partial charge in [0.25, 0.3) is 14.1 Å². The molecule has 30 valence electrons. The summed E-state index contributed by atoms with van der Waals surface area (Å²) in [5, 5.41) is 0. The van der Waals surface area contributed by atoms with Gasteiger partial charge in [-0.05, 0) is 0 Å². The minimum Gasteiger partial charge on any atom is -0.106 e. The molecule has 0 bridgehead atoms. The first-order chi connectivity index (χ1) is 1.73. The average molecular weight is 88.1 g/mol. The number of hydrogen-bond acceptors (Lipinski definition) is 0. The smallest absolute Gasteiger partial charge is 0.106 e. The summed E-state index contributed by atoms with van der Waals surface area (Å²) in [7, 11) is 0. The minimum absolute atomic E-state index is 0. The van der Waals surface area contributed by atoms with Crippen molar-refractivity contribution in [1.82, 2.24) is 0 Å². The van der Waals surface area contributed by atoms with E-state index in [-0.39, 0.29) is 19.6 Å². The van der Waals surface area contributed by atoms with Crippen LogP contribution < -0.4 is 0 Å². The molecule has 0 aromatic heterocycles. The molecule has 0 spiro atoms. The fourth-order valence-corrected chi connectivity index (χ4v) is 0. The molecule has 0 atom stereocenters. The third-order valence-electron chi connectivity index (χ3n) is 0. The summed E-state index contributed by atoms with van der Waals surface area (Å²) in [6, 6.07) is 0. The Morgan fingerprint density at radius 2 is 1.00 bits per heavy atom. The SMILES string of the molecule is [CH3][Al]([CH3])[CH3].[O]. The normalized spacial score (nSPS) is 5.40. The summed E-state index contributed by atoms with van der Waals surface area (Å²) in [4.78, 5) is 0. The third kappa shape index (κ3) is 115. The molecule has 0 aromatic carbocycles. The zero-order valence-corrected chi connectivity index (χ0v) is 5.14. The van der Waals surface area contributed by atoms with Gasteiger partial charge in [0.1, 0.15) is 0 Å². The molecule has 0 saturated carbocycles. The van der Waals surface area contributed by atoms with Crippen molar-refractivity contribution < 1.29 is 5.48 Å². The fourth-order valence-electron chi connectivity index (χ4n) is 0. The van der Waals surface area contributed by atoms with Crippen molar-refractivity contribution in [2.45, 2.75) is 17.4 Å². The van der Waals surface area contributed by atoms with Crippen LogP contribution in [-0.4, -0.2) is 14.1 Å².